The highest BCUT2D eigenvalue weighted by Crippen LogP contribution is 2.25. The first-order chi connectivity index (χ1) is 8.08. The van der Waals surface area contributed by atoms with E-state index in [4.69, 9.17) is 0 Å². The minimum absolute atomic E-state index is 0.0402. The van der Waals surface area contributed by atoms with Crippen molar-refractivity contribution in [3.8, 4) is 0 Å². The zero-order valence-electron chi connectivity index (χ0n) is 9.40. The topological polar surface area (TPSA) is 49.4 Å². The quantitative estimate of drug-likeness (QED) is 0.905. The van der Waals surface area contributed by atoms with Gasteiger partial charge in [-0.15, -0.1) is 11.3 Å². The van der Waals surface area contributed by atoms with Gasteiger partial charge in [0.25, 0.3) is 5.91 Å². The maximum Gasteiger partial charge on any atom is 0.265 e. The summed E-state index contributed by atoms with van der Waals surface area (Å²) in [5, 5.41) is 4.73. The third kappa shape index (κ3) is 2.87. The molecule has 1 fully saturated rings. The van der Waals surface area contributed by atoms with Crippen LogP contribution in [0.25, 0.3) is 0 Å². The fourth-order valence-corrected chi connectivity index (χ4v) is 3.45. The van der Waals surface area contributed by atoms with Gasteiger partial charge in [-0.2, -0.15) is 0 Å². The molecule has 1 unspecified atom stereocenters. The SMILES string of the molecule is CC(=O)NC1CCN(C(=O)c2sccc2Br)C1. The maximum atomic E-state index is 12.2. The summed E-state index contributed by atoms with van der Waals surface area (Å²) >= 11 is 4.80. The highest BCUT2D eigenvalue weighted by atomic mass is 79.9. The average molecular weight is 317 g/mol. The van der Waals surface area contributed by atoms with Gasteiger partial charge < -0.3 is 10.2 Å². The molecule has 1 saturated heterocycles. The average Bonchev–Trinajstić information content (AvgIpc) is 2.85. The van der Waals surface area contributed by atoms with Crippen LogP contribution in [0, 0.1) is 0 Å². The lowest BCUT2D eigenvalue weighted by molar-refractivity contribution is -0.119. The van der Waals surface area contributed by atoms with E-state index in [2.05, 4.69) is 21.2 Å². The standard InChI is InChI=1S/C11H13BrN2O2S/c1-7(15)13-8-2-4-14(6-8)11(16)10-9(12)3-5-17-10/h3,5,8H,2,4,6H2,1H3,(H,13,15). The van der Waals surface area contributed by atoms with Crippen molar-refractivity contribution in [3.05, 3.63) is 20.8 Å². The van der Waals surface area contributed by atoms with E-state index in [-0.39, 0.29) is 17.9 Å². The van der Waals surface area contributed by atoms with Crippen LogP contribution in [0.15, 0.2) is 15.9 Å². The summed E-state index contributed by atoms with van der Waals surface area (Å²) in [6.45, 7) is 2.80. The Labute approximate surface area is 112 Å². The molecule has 0 aliphatic carbocycles. The van der Waals surface area contributed by atoms with Crippen molar-refractivity contribution < 1.29 is 9.59 Å². The number of carbonyl (C=O) groups is 2. The predicted molar refractivity (Wildman–Crippen MR) is 70.1 cm³/mol. The minimum atomic E-state index is -0.0402. The Morgan fingerprint density at radius 3 is 2.94 bits per heavy atom. The van der Waals surface area contributed by atoms with E-state index in [0.29, 0.717) is 13.1 Å². The van der Waals surface area contributed by atoms with E-state index in [1.807, 2.05) is 11.4 Å². The summed E-state index contributed by atoms with van der Waals surface area (Å²) in [5.74, 6) is 0.00123. The number of likely N-dealkylation sites (tertiary alicyclic amines) is 1. The van der Waals surface area contributed by atoms with Gasteiger partial charge >= 0.3 is 0 Å². The molecule has 1 aromatic heterocycles. The molecule has 0 spiro atoms. The molecule has 2 amide bonds. The number of carbonyl (C=O) groups excluding carboxylic acids is 2. The molecule has 0 aromatic carbocycles. The largest absolute Gasteiger partial charge is 0.352 e. The van der Waals surface area contributed by atoms with Gasteiger partial charge in [0.05, 0.1) is 0 Å². The Balaban J connectivity index is 1.99. The zero-order chi connectivity index (χ0) is 12.4. The molecule has 17 heavy (non-hydrogen) atoms. The number of nitrogens with one attached hydrogen (secondary N) is 1. The molecule has 6 heteroatoms. The minimum Gasteiger partial charge on any atom is -0.352 e. The number of thiophene rings is 1. The second-order valence-electron chi connectivity index (χ2n) is 4.03. The normalized spacial score (nSPS) is 19.4. The predicted octanol–water partition coefficient (Wildman–Crippen LogP) is 1.86. The summed E-state index contributed by atoms with van der Waals surface area (Å²) < 4.78 is 0.843. The van der Waals surface area contributed by atoms with Crippen molar-refractivity contribution >= 4 is 39.1 Å². The van der Waals surface area contributed by atoms with Crippen LogP contribution in [-0.4, -0.2) is 35.8 Å². The number of hydrogen-bond acceptors (Lipinski definition) is 3. The van der Waals surface area contributed by atoms with Gasteiger partial charge in [-0.1, -0.05) is 0 Å². The maximum absolute atomic E-state index is 12.2. The summed E-state index contributed by atoms with van der Waals surface area (Å²) in [5.41, 5.74) is 0. The lowest BCUT2D eigenvalue weighted by atomic mass is 10.2. The van der Waals surface area contributed by atoms with Crippen LogP contribution in [0.4, 0.5) is 0 Å². The molecule has 2 rings (SSSR count). The number of hydrogen-bond donors (Lipinski definition) is 1. The molecule has 1 aliphatic heterocycles. The third-order valence-electron chi connectivity index (χ3n) is 2.69. The Kier molecular flexibility index (Phi) is 3.83. The van der Waals surface area contributed by atoms with Crippen molar-refractivity contribution in [2.75, 3.05) is 13.1 Å². The second-order valence-corrected chi connectivity index (χ2v) is 5.81. The summed E-state index contributed by atoms with van der Waals surface area (Å²) in [7, 11) is 0. The van der Waals surface area contributed by atoms with Crippen LogP contribution in [0.1, 0.15) is 23.0 Å². The molecular weight excluding hydrogens is 304 g/mol. The molecule has 1 N–H and O–H groups in total. The first-order valence-electron chi connectivity index (χ1n) is 5.37. The monoisotopic (exact) mass is 316 g/mol. The van der Waals surface area contributed by atoms with E-state index in [1.165, 1.54) is 18.3 Å². The van der Waals surface area contributed by atoms with Crippen molar-refractivity contribution in [2.45, 2.75) is 19.4 Å². The fourth-order valence-electron chi connectivity index (χ4n) is 1.94. The van der Waals surface area contributed by atoms with Gasteiger partial charge in [0.15, 0.2) is 0 Å². The molecule has 0 radical (unpaired) electrons. The Morgan fingerprint density at radius 1 is 1.59 bits per heavy atom. The Hall–Kier alpha value is -0.880. The molecule has 0 saturated carbocycles. The molecule has 2 heterocycles. The van der Waals surface area contributed by atoms with Crippen LogP contribution < -0.4 is 5.32 Å². The fraction of sp³-hybridized carbons (Fsp3) is 0.455. The van der Waals surface area contributed by atoms with Crippen molar-refractivity contribution in [1.82, 2.24) is 10.2 Å². The van der Waals surface area contributed by atoms with E-state index in [9.17, 15) is 9.59 Å². The van der Waals surface area contributed by atoms with Crippen molar-refractivity contribution in [2.24, 2.45) is 0 Å². The lowest BCUT2D eigenvalue weighted by Gasteiger charge is -2.16. The van der Waals surface area contributed by atoms with E-state index >= 15 is 0 Å². The van der Waals surface area contributed by atoms with Crippen molar-refractivity contribution in [3.63, 3.8) is 0 Å². The molecule has 92 valence electrons. The van der Waals surface area contributed by atoms with E-state index in [0.717, 1.165) is 15.8 Å². The summed E-state index contributed by atoms with van der Waals surface area (Å²) in [6, 6.07) is 1.97. The smallest absolute Gasteiger partial charge is 0.265 e. The van der Waals surface area contributed by atoms with Crippen LogP contribution in [0.2, 0.25) is 0 Å². The van der Waals surface area contributed by atoms with E-state index in [1.54, 1.807) is 4.90 Å². The molecule has 1 atom stereocenters. The second kappa shape index (κ2) is 5.18. The van der Waals surface area contributed by atoms with Crippen LogP contribution >= 0.6 is 27.3 Å². The van der Waals surface area contributed by atoms with Gasteiger partial charge in [0, 0.05) is 30.5 Å². The molecule has 0 bridgehead atoms. The van der Waals surface area contributed by atoms with Gasteiger partial charge in [-0.25, -0.2) is 0 Å². The third-order valence-corrected chi connectivity index (χ3v) is 4.52. The first-order valence-corrected chi connectivity index (χ1v) is 7.04. The Bertz CT molecular complexity index is 446. The Morgan fingerprint density at radius 2 is 2.35 bits per heavy atom. The molecular formula is C11H13BrN2O2S. The molecule has 1 aliphatic rings. The van der Waals surface area contributed by atoms with Gasteiger partial charge in [-0.3, -0.25) is 9.59 Å². The number of halogens is 1. The lowest BCUT2D eigenvalue weighted by Crippen LogP contribution is -2.37. The first kappa shape index (κ1) is 12.6. The van der Waals surface area contributed by atoms with E-state index < -0.39 is 0 Å². The number of nitrogens with zero attached hydrogens (tertiary/aromatic N) is 1. The summed E-state index contributed by atoms with van der Waals surface area (Å²) in [6.07, 6.45) is 0.828. The number of amides is 2. The van der Waals surface area contributed by atoms with Gasteiger partial charge in [0.2, 0.25) is 5.91 Å². The highest BCUT2D eigenvalue weighted by Gasteiger charge is 2.28. The van der Waals surface area contributed by atoms with Crippen LogP contribution in [0.3, 0.4) is 0 Å². The number of rotatable bonds is 2. The van der Waals surface area contributed by atoms with Gasteiger partial charge in [-0.05, 0) is 33.8 Å². The zero-order valence-corrected chi connectivity index (χ0v) is 11.8. The highest BCUT2D eigenvalue weighted by molar-refractivity contribution is 9.10. The van der Waals surface area contributed by atoms with Crippen LogP contribution in [0.5, 0.6) is 0 Å². The van der Waals surface area contributed by atoms with Crippen LogP contribution in [-0.2, 0) is 4.79 Å². The van der Waals surface area contributed by atoms with Gasteiger partial charge in [0.1, 0.15) is 4.88 Å². The summed E-state index contributed by atoms with van der Waals surface area (Å²) in [4.78, 5) is 25.6. The van der Waals surface area contributed by atoms with Crippen molar-refractivity contribution in [1.29, 1.82) is 0 Å². The molecule has 4 nitrogen and oxygen atoms in total. The molecule has 1 aromatic rings.